The van der Waals surface area contributed by atoms with Crippen molar-refractivity contribution in [2.24, 2.45) is 7.05 Å². The SMILES string of the molecule is CCCCSc1nn(C)cc1N. The molecule has 1 aromatic heterocycles. The molecule has 1 aromatic rings. The molecule has 68 valence electrons. The van der Waals surface area contributed by atoms with Crippen molar-refractivity contribution in [3.63, 3.8) is 0 Å². The Hall–Kier alpha value is -0.640. The van der Waals surface area contributed by atoms with Crippen molar-refractivity contribution in [1.82, 2.24) is 9.78 Å². The average Bonchev–Trinajstić information content (AvgIpc) is 2.31. The van der Waals surface area contributed by atoms with Crippen LogP contribution in [0, 0.1) is 0 Å². The van der Waals surface area contributed by atoms with E-state index in [1.807, 2.05) is 13.2 Å². The van der Waals surface area contributed by atoms with Crippen LogP contribution in [0.25, 0.3) is 0 Å². The Labute approximate surface area is 77.3 Å². The first-order valence-electron chi connectivity index (χ1n) is 4.16. The number of unbranched alkanes of at least 4 members (excludes halogenated alkanes) is 1. The quantitative estimate of drug-likeness (QED) is 0.575. The van der Waals surface area contributed by atoms with Gasteiger partial charge in [-0.3, -0.25) is 4.68 Å². The molecule has 0 aliphatic heterocycles. The highest BCUT2D eigenvalue weighted by Crippen LogP contribution is 2.23. The third-order valence-electron chi connectivity index (χ3n) is 1.56. The molecule has 2 N–H and O–H groups in total. The maximum atomic E-state index is 5.72. The van der Waals surface area contributed by atoms with E-state index >= 15 is 0 Å². The molecule has 0 atom stereocenters. The van der Waals surface area contributed by atoms with E-state index in [2.05, 4.69) is 12.0 Å². The van der Waals surface area contributed by atoms with Crippen molar-refractivity contribution >= 4 is 17.4 Å². The Morgan fingerprint density at radius 1 is 1.67 bits per heavy atom. The second-order valence-corrected chi connectivity index (χ2v) is 3.85. The Kier molecular flexibility index (Phi) is 3.47. The van der Waals surface area contributed by atoms with Gasteiger partial charge in [-0.25, -0.2) is 0 Å². The third kappa shape index (κ3) is 2.44. The fourth-order valence-corrected chi connectivity index (χ4v) is 1.94. The number of hydrogen-bond donors (Lipinski definition) is 1. The van der Waals surface area contributed by atoms with Crippen LogP contribution in [-0.4, -0.2) is 15.5 Å². The molecule has 0 saturated heterocycles. The number of aromatic nitrogens is 2. The molecule has 0 spiro atoms. The molecule has 3 nitrogen and oxygen atoms in total. The molecule has 12 heavy (non-hydrogen) atoms. The predicted molar refractivity (Wildman–Crippen MR) is 53.3 cm³/mol. The van der Waals surface area contributed by atoms with Gasteiger partial charge in [0.25, 0.3) is 0 Å². The standard InChI is InChI=1S/C8H15N3S/c1-3-4-5-12-8-7(9)6-11(2)10-8/h6H,3-5,9H2,1-2H3. The van der Waals surface area contributed by atoms with E-state index < -0.39 is 0 Å². The van der Waals surface area contributed by atoms with E-state index in [-0.39, 0.29) is 0 Å². The lowest BCUT2D eigenvalue weighted by Crippen LogP contribution is -1.87. The first kappa shape index (κ1) is 9.45. The normalized spacial score (nSPS) is 10.5. The topological polar surface area (TPSA) is 43.8 Å². The maximum absolute atomic E-state index is 5.72. The smallest absolute Gasteiger partial charge is 0.141 e. The lowest BCUT2D eigenvalue weighted by Gasteiger charge is -1.95. The van der Waals surface area contributed by atoms with Crippen LogP contribution >= 0.6 is 11.8 Å². The van der Waals surface area contributed by atoms with Crippen molar-refractivity contribution in [3.05, 3.63) is 6.20 Å². The molecule has 0 bridgehead atoms. The molecule has 0 aromatic carbocycles. The van der Waals surface area contributed by atoms with E-state index in [4.69, 9.17) is 5.73 Å². The molecule has 0 unspecified atom stereocenters. The molecular formula is C8H15N3S. The zero-order valence-corrected chi connectivity index (χ0v) is 8.40. The first-order valence-corrected chi connectivity index (χ1v) is 5.14. The van der Waals surface area contributed by atoms with Gasteiger partial charge in [-0.2, -0.15) is 5.10 Å². The summed E-state index contributed by atoms with van der Waals surface area (Å²) in [7, 11) is 1.89. The summed E-state index contributed by atoms with van der Waals surface area (Å²) >= 11 is 1.74. The second kappa shape index (κ2) is 4.40. The van der Waals surface area contributed by atoms with Crippen molar-refractivity contribution < 1.29 is 0 Å². The molecule has 1 rings (SSSR count). The Bertz CT molecular complexity index is 244. The highest BCUT2D eigenvalue weighted by atomic mass is 32.2. The van der Waals surface area contributed by atoms with Gasteiger partial charge in [0.1, 0.15) is 5.03 Å². The maximum Gasteiger partial charge on any atom is 0.141 e. The highest BCUT2D eigenvalue weighted by Gasteiger charge is 2.03. The van der Waals surface area contributed by atoms with Crippen molar-refractivity contribution in [2.45, 2.75) is 24.8 Å². The van der Waals surface area contributed by atoms with Gasteiger partial charge in [-0.1, -0.05) is 13.3 Å². The molecule has 0 radical (unpaired) electrons. The summed E-state index contributed by atoms with van der Waals surface area (Å²) in [6.07, 6.45) is 4.29. The van der Waals surface area contributed by atoms with E-state index in [0.29, 0.717) is 0 Å². The van der Waals surface area contributed by atoms with Gasteiger partial charge in [-0.05, 0) is 12.2 Å². The van der Waals surface area contributed by atoms with Crippen LogP contribution in [0.15, 0.2) is 11.2 Å². The largest absolute Gasteiger partial charge is 0.395 e. The average molecular weight is 185 g/mol. The minimum absolute atomic E-state index is 0.790. The fourth-order valence-electron chi connectivity index (χ4n) is 0.912. The van der Waals surface area contributed by atoms with Crippen molar-refractivity contribution in [2.75, 3.05) is 11.5 Å². The van der Waals surface area contributed by atoms with Gasteiger partial charge in [0.15, 0.2) is 0 Å². The Morgan fingerprint density at radius 2 is 2.42 bits per heavy atom. The van der Waals surface area contributed by atoms with E-state index in [1.165, 1.54) is 12.8 Å². The highest BCUT2D eigenvalue weighted by molar-refractivity contribution is 7.99. The number of nitrogens with two attached hydrogens (primary N) is 1. The summed E-state index contributed by atoms with van der Waals surface area (Å²) in [5.74, 6) is 1.11. The van der Waals surface area contributed by atoms with E-state index in [1.54, 1.807) is 16.4 Å². The lowest BCUT2D eigenvalue weighted by atomic mass is 10.4. The fraction of sp³-hybridized carbons (Fsp3) is 0.625. The molecule has 0 aliphatic rings. The Balaban J connectivity index is 2.45. The molecule has 0 amide bonds. The second-order valence-electron chi connectivity index (χ2n) is 2.77. The molecular weight excluding hydrogens is 170 g/mol. The summed E-state index contributed by atoms with van der Waals surface area (Å²) in [6, 6.07) is 0. The van der Waals surface area contributed by atoms with Crippen molar-refractivity contribution in [1.29, 1.82) is 0 Å². The lowest BCUT2D eigenvalue weighted by molar-refractivity contribution is 0.737. The minimum atomic E-state index is 0.790. The van der Waals surface area contributed by atoms with E-state index in [0.717, 1.165) is 16.5 Å². The van der Waals surface area contributed by atoms with Crippen molar-refractivity contribution in [3.8, 4) is 0 Å². The summed E-state index contributed by atoms with van der Waals surface area (Å²) in [5.41, 5.74) is 6.51. The van der Waals surface area contributed by atoms with Crippen LogP contribution < -0.4 is 5.73 Å². The van der Waals surface area contributed by atoms with Crippen LogP contribution in [-0.2, 0) is 7.05 Å². The number of thioether (sulfide) groups is 1. The molecule has 4 heteroatoms. The predicted octanol–water partition coefficient (Wildman–Crippen LogP) is 1.89. The molecule has 0 aliphatic carbocycles. The molecule has 0 saturated carbocycles. The van der Waals surface area contributed by atoms with Gasteiger partial charge < -0.3 is 5.73 Å². The zero-order valence-electron chi connectivity index (χ0n) is 7.58. The minimum Gasteiger partial charge on any atom is -0.395 e. The number of hydrogen-bond acceptors (Lipinski definition) is 3. The summed E-state index contributed by atoms with van der Waals surface area (Å²) in [4.78, 5) is 0. The third-order valence-corrected chi connectivity index (χ3v) is 2.64. The van der Waals surface area contributed by atoms with Crippen LogP contribution in [0.2, 0.25) is 0 Å². The number of nitrogen functional groups attached to an aromatic ring is 1. The van der Waals surface area contributed by atoms with Crippen LogP contribution in [0.1, 0.15) is 19.8 Å². The van der Waals surface area contributed by atoms with Crippen LogP contribution in [0.3, 0.4) is 0 Å². The first-order chi connectivity index (χ1) is 5.74. The van der Waals surface area contributed by atoms with Gasteiger partial charge in [0.05, 0.1) is 5.69 Å². The monoisotopic (exact) mass is 185 g/mol. The van der Waals surface area contributed by atoms with Gasteiger partial charge in [-0.15, -0.1) is 11.8 Å². The number of nitrogens with zero attached hydrogens (tertiary/aromatic N) is 2. The van der Waals surface area contributed by atoms with Crippen LogP contribution in [0.5, 0.6) is 0 Å². The number of anilines is 1. The van der Waals surface area contributed by atoms with Gasteiger partial charge in [0.2, 0.25) is 0 Å². The van der Waals surface area contributed by atoms with Gasteiger partial charge >= 0.3 is 0 Å². The van der Waals surface area contributed by atoms with Gasteiger partial charge in [0, 0.05) is 13.2 Å². The number of rotatable bonds is 4. The van der Waals surface area contributed by atoms with Crippen LogP contribution in [0.4, 0.5) is 5.69 Å². The summed E-state index contributed by atoms with van der Waals surface area (Å²) < 4.78 is 1.75. The summed E-state index contributed by atoms with van der Waals surface area (Å²) in [6.45, 7) is 2.18. The molecule has 1 heterocycles. The summed E-state index contributed by atoms with van der Waals surface area (Å²) in [5, 5.41) is 5.20. The molecule has 0 fully saturated rings. The zero-order chi connectivity index (χ0) is 8.97. The van der Waals surface area contributed by atoms with E-state index in [9.17, 15) is 0 Å². The Morgan fingerprint density at radius 3 is 2.92 bits per heavy atom. The number of aryl methyl sites for hydroxylation is 1.